The maximum absolute atomic E-state index is 13.3. The van der Waals surface area contributed by atoms with E-state index in [2.05, 4.69) is 20.2 Å². The smallest absolute Gasteiger partial charge is 0.258 e. The molecule has 4 aromatic rings. The van der Waals surface area contributed by atoms with Crippen LogP contribution in [0.4, 0.5) is 5.69 Å². The van der Waals surface area contributed by atoms with Crippen molar-refractivity contribution in [1.82, 2.24) is 19.9 Å². The highest BCUT2D eigenvalue weighted by Crippen LogP contribution is 2.25. The number of furan rings is 1. The number of fused-ring (bicyclic) bond motifs is 3. The van der Waals surface area contributed by atoms with Gasteiger partial charge in [-0.2, -0.15) is 0 Å². The van der Waals surface area contributed by atoms with Gasteiger partial charge in [-0.3, -0.25) is 9.59 Å². The van der Waals surface area contributed by atoms with Crippen LogP contribution in [0.5, 0.6) is 0 Å². The molecule has 0 saturated heterocycles. The van der Waals surface area contributed by atoms with Crippen LogP contribution in [0.15, 0.2) is 53.1 Å². The molecule has 1 aliphatic rings. The van der Waals surface area contributed by atoms with E-state index in [0.717, 1.165) is 43.0 Å². The molecule has 0 spiro atoms. The standard InChI is InChI=1S/C25H25N5O3/c1-16-14-19(22-23(27-16)30-12-6-2-3-11-21(30)29-22)25(32)28-20-10-5-4-9-18(20)24(31)26-15-17-8-7-13-33-17/h4-5,7-10,13-14H,2-3,6,11-12,15H2,1H3,(H,26,31)(H,28,32). The van der Waals surface area contributed by atoms with Gasteiger partial charge in [-0.1, -0.05) is 18.6 Å². The molecule has 1 aromatic carbocycles. The SMILES string of the molecule is Cc1cc(C(=O)Nc2ccccc2C(=O)NCc2ccco2)c2nc3n(c2n1)CCCCC3. The number of aryl methyl sites for hydroxylation is 3. The average Bonchev–Trinajstić information content (AvgIpc) is 3.39. The van der Waals surface area contributed by atoms with Crippen LogP contribution >= 0.6 is 0 Å². The Morgan fingerprint density at radius 1 is 1.03 bits per heavy atom. The first-order valence-electron chi connectivity index (χ1n) is 11.2. The van der Waals surface area contributed by atoms with Gasteiger partial charge in [0.15, 0.2) is 5.65 Å². The summed E-state index contributed by atoms with van der Waals surface area (Å²) in [6, 6.07) is 12.3. The molecule has 0 aliphatic carbocycles. The second-order valence-electron chi connectivity index (χ2n) is 8.24. The third-order valence-corrected chi connectivity index (χ3v) is 5.86. The molecule has 0 bridgehead atoms. The predicted octanol–water partition coefficient (Wildman–Crippen LogP) is 4.24. The molecule has 168 valence electrons. The summed E-state index contributed by atoms with van der Waals surface area (Å²) in [5.74, 6) is 1.02. The highest BCUT2D eigenvalue weighted by Gasteiger charge is 2.22. The van der Waals surface area contributed by atoms with Crippen LogP contribution in [-0.2, 0) is 19.5 Å². The molecule has 8 heteroatoms. The van der Waals surface area contributed by atoms with Crippen molar-refractivity contribution >= 4 is 28.7 Å². The molecule has 2 N–H and O–H groups in total. The molecule has 0 fully saturated rings. The van der Waals surface area contributed by atoms with Gasteiger partial charge in [-0.05, 0) is 50.1 Å². The van der Waals surface area contributed by atoms with Gasteiger partial charge < -0.3 is 19.6 Å². The van der Waals surface area contributed by atoms with Gasteiger partial charge in [0.05, 0.1) is 29.6 Å². The Labute approximate surface area is 191 Å². The summed E-state index contributed by atoms with van der Waals surface area (Å²) < 4.78 is 7.41. The number of anilines is 1. The second kappa shape index (κ2) is 8.90. The largest absolute Gasteiger partial charge is 0.467 e. The summed E-state index contributed by atoms with van der Waals surface area (Å²) in [5.41, 5.74) is 3.38. The zero-order chi connectivity index (χ0) is 22.8. The Kier molecular flexibility index (Phi) is 5.64. The molecule has 0 atom stereocenters. The lowest BCUT2D eigenvalue weighted by Crippen LogP contribution is -2.24. The lowest BCUT2D eigenvalue weighted by atomic mass is 10.1. The molecular weight excluding hydrogens is 418 g/mol. The Balaban J connectivity index is 1.43. The van der Waals surface area contributed by atoms with Crippen molar-refractivity contribution < 1.29 is 14.0 Å². The van der Waals surface area contributed by atoms with E-state index in [1.807, 2.05) is 6.92 Å². The minimum absolute atomic E-state index is 0.262. The first kappa shape index (κ1) is 20.9. The van der Waals surface area contributed by atoms with Crippen LogP contribution < -0.4 is 10.6 Å². The fourth-order valence-corrected chi connectivity index (χ4v) is 4.24. The van der Waals surface area contributed by atoms with Crippen molar-refractivity contribution in [3.05, 3.63) is 77.1 Å². The second-order valence-corrected chi connectivity index (χ2v) is 8.24. The Morgan fingerprint density at radius 2 is 1.91 bits per heavy atom. The van der Waals surface area contributed by atoms with Crippen LogP contribution in [-0.4, -0.2) is 26.3 Å². The molecule has 2 amide bonds. The summed E-state index contributed by atoms with van der Waals surface area (Å²) >= 11 is 0. The highest BCUT2D eigenvalue weighted by atomic mass is 16.3. The molecule has 0 saturated carbocycles. The molecule has 8 nitrogen and oxygen atoms in total. The van der Waals surface area contributed by atoms with E-state index in [4.69, 9.17) is 9.40 Å². The number of nitrogens with one attached hydrogen (secondary N) is 2. The molecule has 1 aliphatic heterocycles. The maximum Gasteiger partial charge on any atom is 0.258 e. The topological polar surface area (TPSA) is 102 Å². The lowest BCUT2D eigenvalue weighted by Gasteiger charge is -2.12. The number of aromatic nitrogens is 3. The van der Waals surface area contributed by atoms with Crippen molar-refractivity contribution in [2.75, 3.05) is 5.32 Å². The van der Waals surface area contributed by atoms with Crippen LogP contribution in [0.1, 0.15) is 57.3 Å². The maximum atomic E-state index is 13.3. The summed E-state index contributed by atoms with van der Waals surface area (Å²) in [4.78, 5) is 35.6. The van der Waals surface area contributed by atoms with Crippen molar-refractivity contribution in [2.24, 2.45) is 0 Å². The minimum Gasteiger partial charge on any atom is -0.467 e. The van der Waals surface area contributed by atoms with Crippen LogP contribution in [0.2, 0.25) is 0 Å². The highest BCUT2D eigenvalue weighted by molar-refractivity contribution is 6.13. The first-order chi connectivity index (χ1) is 16.1. The summed E-state index contributed by atoms with van der Waals surface area (Å²) in [5, 5.41) is 5.74. The van der Waals surface area contributed by atoms with Crippen molar-refractivity contribution in [2.45, 2.75) is 45.7 Å². The van der Waals surface area contributed by atoms with Gasteiger partial charge in [0.2, 0.25) is 0 Å². The molecule has 0 radical (unpaired) electrons. The van der Waals surface area contributed by atoms with Crippen molar-refractivity contribution in [3.63, 3.8) is 0 Å². The third-order valence-electron chi connectivity index (χ3n) is 5.86. The Bertz CT molecular complexity index is 1320. The predicted molar refractivity (Wildman–Crippen MR) is 124 cm³/mol. The van der Waals surface area contributed by atoms with E-state index in [0.29, 0.717) is 28.1 Å². The molecule has 5 rings (SSSR count). The number of hydrogen-bond acceptors (Lipinski definition) is 5. The third kappa shape index (κ3) is 4.24. The number of carbonyl (C=O) groups is 2. The van der Waals surface area contributed by atoms with Gasteiger partial charge in [-0.25, -0.2) is 9.97 Å². The number of benzene rings is 1. The monoisotopic (exact) mass is 443 g/mol. The lowest BCUT2D eigenvalue weighted by molar-refractivity contribution is 0.0949. The van der Waals surface area contributed by atoms with Crippen LogP contribution in [0, 0.1) is 6.92 Å². The number of rotatable bonds is 5. The average molecular weight is 444 g/mol. The van der Waals surface area contributed by atoms with E-state index < -0.39 is 0 Å². The number of para-hydroxylation sites is 1. The van der Waals surface area contributed by atoms with Gasteiger partial charge >= 0.3 is 0 Å². The number of nitrogens with zero attached hydrogens (tertiary/aromatic N) is 3. The fraction of sp³-hybridized carbons (Fsp3) is 0.280. The van der Waals surface area contributed by atoms with E-state index in [1.165, 1.54) is 6.42 Å². The van der Waals surface area contributed by atoms with Gasteiger partial charge in [0.25, 0.3) is 11.8 Å². The number of imidazole rings is 1. The Morgan fingerprint density at radius 3 is 2.76 bits per heavy atom. The molecule has 33 heavy (non-hydrogen) atoms. The fourth-order valence-electron chi connectivity index (χ4n) is 4.24. The summed E-state index contributed by atoms with van der Waals surface area (Å²) in [7, 11) is 0. The molecule has 4 heterocycles. The number of pyridine rings is 1. The number of carbonyl (C=O) groups excluding carboxylic acids is 2. The van der Waals surface area contributed by atoms with Gasteiger partial charge in [0.1, 0.15) is 17.1 Å². The van der Waals surface area contributed by atoms with E-state index in [-0.39, 0.29) is 18.4 Å². The van der Waals surface area contributed by atoms with Crippen LogP contribution in [0.3, 0.4) is 0 Å². The first-order valence-corrected chi connectivity index (χ1v) is 11.2. The number of amides is 2. The van der Waals surface area contributed by atoms with Crippen LogP contribution in [0.25, 0.3) is 11.2 Å². The van der Waals surface area contributed by atoms with Crippen molar-refractivity contribution in [3.8, 4) is 0 Å². The van der Waals surface area contributed by atoms with E-state index in [9.17, 15) is 9.59 Å². The van der Waals surface area contributed by atoms with Crippen molar-refractivity contribution in [1.29, 1.82) is 0 Å². The van der Waals surface area contributed by atoms with Gasteiger partial charge in [-0.15, -0.1) is 0 Å². The quantitative estimate of drug-likeness (QED) is 0.480. The number of hydrogen-bond donors (Lipinski definition) is 2. The molecular formula is C25H25N5O3. The molecule has 3 aromatic heterocycles. The van der Waals surface area contributed by atoms with E-state index >= 15 is 0 Å². The minimum atomic E-state index is -0.315. The molecule has 0 unspecified atom stereocenters. The summed E-state index contributed by atoms with van der Waals surface area (Å²) in [6.45, 7) is 3.00. The zero-order valence-corrected chi connectivity index (χ0v) is 18.4. The van der Waals surface area contributed by atoms with E-state index in [1.54, 1.807) is 48.7 Å². The Hall–Kier alpha value is -3.94. The summed E-state index contributed by atoms with van der Waals surface area (Å²) in [6.07, 6.45) is 5.78. The van der Waals surface area contributed by atoms with Gasteiger partial charge in [0, 0.05) is 18.7 Å². The normalized spacial score (nSPS) is 13.4. The zero-order valence-electron chi connectivity index (χ0n) is 18.4.